The Morgan fingerprint density at radius 1 is 1.57 bits per heavy atom. The van der Waals surface area contributed by atoms with E-state index in [1.807, 2.05) is 17.5 Å². The predicted molar refractivity (Wildman–Crippen MR) is 58.9 cm³/mol. The summed E-state index contributed by atoms with van der Waals surface area (Å²) in [5.74, 6) is 0.718. The van der Waals surface area contributed by atoms with Crippen molar-refractivity contribution >= 4 is 17.1 Å². The first-order valence-corrected chi connectivity index (χ1v) is 5.72. The van der Waals surface area contributed by atoms with Crippen molar-refractivity contribution in [2.45, 2.75) is 20.3 Å². The summed E-state index contributed by atoms with van der Waals surface area (Å²) in [5.41, 5.74) is 0. The summed E-state index contributed by atoms with van der Waals surface area (Å²) in [6, 6.07) is 3.71. The number of hydrogen-bond acceptors (Lipinski definition) is 3. The number of Topliss-reactive ketones (excluding diaryl/α,β-unsaturated/α-hetero) is 1. The first kappa shape index (κ1) is 11.4. The number of carbonyl (C=O) groups is 1. The van der Waals surface area contributed by atoms with Gasteiger partial charge >= 0.3 is 0 Å². The summed E-state index contributed by atoms with van der Waals surface area (Å²) < 4.78 is 5.29. The van der Waals surface area contributed by atoms with Crippen molar-refractivity contribution < 1.29 is 9.53 Å². The van der Waals surface area contributed by atoms with Crippen LogP contribution in [-0.4, -0.2) is 19.0 Å². The van der Waals surface area contributed by atoms with Crippen LogP contribution < -0.4 is 0 Å². The fraction of sp³-hybridized carbons (Fsp3) is 0.545. The van der Waals surface area contributed by atoms with Gasteiger partial charge in [-0.3, -0.25) is 4.79 Å². The minimum atomic E-state index is 0.0868. The number of rotatable bonds is 6. The average molecular weight is 212 g/mol. The lowest BCUT2D eigenvalue weighted by atomic mass is 10.1. The Labute approximate surface area is 88.9 Å². The Bertz CT molecular complexity index is 265. The molecule has 0 bridgehead atoms. The van der Waals surface area contributed by atoms with Gasteiger partial charge in [-0.15, -0.1) is 11.3 Å². The molecule has 1 rings (SSSR count). The first-order valence-electron chi connectivity index (χ1n) is 4.84. The Kier molecular flexibility index (Phi) is 4.84. The van der Waals surface area contributed by atoms with E-state index in [4.69, 9.17) is 4.74 Å². The fourth-order valence-electron chi connectivity index (χ4n) is 0.992. The molecule has 1 heterocycles. The maximum atomic E-state index is 11.4. The molecule has 78 valence electrons. The molecule has 3 heteroatoms. The molecule has 0 saturated carbocycles. The van der Waals surface area contributed by atoms with Gasteiger partial charge in [-0.05, 0) is 23.8 Å². The standard InChI is InChI=1S/C11H16O2S/c1-9(2)5-6-13-8-10(12)11-4-3-7-14-11/h3-4,7,9H,5-6,8H2,1-2H3. The second kappa shape index (κ2) is 5.94. The molecule has 0 N–H and O–H groups in total. The van der Waals surface area contributed by atoms with Crippen LogP contribution in [0.4, 0.5) is 0 Å². The highest BCUT2D eigenvalue weighted by Crippen LogP contribution is 2.09. The number of ketones is 1. The molecule has 0 amide bonds. The van der Waals surface area contributed by atoms with E-state index >= 15 is 0 Å². The van der Waals surface area contributed by atoms with Crippen LogP contribution in [0.5, 0.6) is 0 Å². The van der Waals surface area contributed by atoms with Gasteiger partial charge in [0.2, 0.25) is 0 Å². The SMILES string of the molecule is CC(C)CCOCC(=O)c1cccs1. The van der Waals surface area contributed by atoms with E-state index in [2.05, 4.69) is 13.8 Å². The van der Waals surface area contributed by atoms with Crippen LogP contribution in [0, 0.1) is 5.92 Å². The number of carbonyl (C=O) groups excluding carboxylic acids is 1. The van der Waals surface area contributed by atoms with Gasteiger partial charge in [0.25, 0.3) is 0 Å². The van der Waals surface area contributed by atoms with Gasteiger partial charge in [-0.2, -0.15) is 0 Å². The maximum Gasteiger partial charge on any atom is 0.198 e. The lowest BCUT2D eigenvalue weighted by Gasteiger charge is -2.04. The molecule has 0 spiro atoms. The first-order chi connectivity index (χ1) is 6.70. The summed E-state index contributed by atoms with van der Waals surface area (Å²) in [6.45, 7) is 5.18. The van der Waals surface area contributed by atoms with Gasteiger partial charge in [-0.1, -0.05) is 19.9 Å². The molecule has 14 heavy (non-hydrogen) atoms. The monoisotopic (exact) mass is 212 g/mol. The molecule has 0 radical (unpaired) electrons. The number of ether oxygens (including phenoxy) is 1. The Hall–Kier alpha value is -0.670. The molecule has 0 aliphatic heterocycles. The minimum Gasteiger partial charge on any atom is -0.373 e. The van der Waals surface area contributed by atoms with Crippen LogP contribution >= 0.6 is 11.3 Å². The van der Waals surface area contributed by atoms with Crippen LogP contribution in [-0.2, 0) is 4.74 Å². The molecule has 1 aromatic heterocycles. The zero-order valence-corrected chi connectivity index (χ0v) is 9.47. The highest BCUT2D eigenvalue weighted by molar-refractivity contribution is 7.12. The third-order valence-electron chi connectivity index (χ3n) is 1.87. The second-order valence-electron chi connectivity index (χ2n) is 3.64. The van der Waals surface area contributed by atoms with Crippen LogP contribution in [0.2, 0.25) is 0 Å². The molecule has 0 aromatic carbocycles. The molecule has 0 fully saturated rings. The lowest BCUT2D eigenvalue weighted by molar-refractivity contribution is 0.0743. The zero-order valence-electron chi connectivity index (χ0n) is 8.66. The van der Waals surface area contributed by atoms with E-state index in [0.29, 0.717) is 12.5 Å². The summed E-state index contributed by atoms with van der Waals surface area (Å²) in [5, 5.41) is 1.90. The predicted octanol–water partition coefficient (Wildman–Crippen LogP) is 2.99. The van der Waals surface area contributed by atoms with E-state index < -0.39 is 0 Å². The van der Waals surface area contributed by atoms with Gasteiger partial charge in [0.1, 0.15) is 6.61 Å². The van der Waals surface area contributed by atoms with E-state index in [9.17, 15) is 4.79 Å². The van der Waals surface area contributed by atoms with Crippen LogP contribution in [0.15, 0.2) is 17.5 Å². The van der Waals surface area contributed by atoms with Crippen molar-refractivity contribution in [3.8, 4) is 0 Å². The molecule has 0 unspecified atom stereocenters. The van der Waals surface area contributed by atoms with Crippen molar-refractivity contribution in [3.63, 3.8) is 0 Å². The summed E-state index contributed by atoms with van der Waals surface area (Å²) >= 11 is 1.47. The van der Waals surface area contributed by atoms with Crippen LogP contribution in [0.25, 0.3) is 0 Å². The highest BCUT2D eigenvalue weighted by Gasteiger charge is 2.06. The second-order valence-corrected chi connectivity index (χ2v) is 4.58. The summed E-state index contributed by atoms with van der Waals surface area (Å²) in [4.78, 5) is 12.2. The largest absolute Gasteiger partial charge is 0.373 e. The Balaban J connectivity index is 2.16. The molecular weight excluding hydrogens is 196 g/mol. The molecule has 0 saturated heterocycles. The minimum absolute atomic E-state index is 0.0868. The highest BCUT2D eigenvalue weighted by atomic mass is 32.1. The fourth-order valence-corrected chi connectivity index (χ4v) is 1.64. The Morgan fingerprint density at radius 2 is 2.36 bits per heavy atom. The van der Waals surface area contributed by atoms with Gasteiger partial charge in [0.15, 0.2) is 5.78 Å². The normalized spacial score (nSPS) is 10.8. The van der Waals surface area contributed by atoms with Crippen LogP contribution in [0.3, 0.4) is 0 Å². The molecule has 0 atom stereocenters. The molecule has 1 aromatic rings. The summed E-state index contributed by atoms with van der Waals surface area (Å²) in [7, 11) is 0. The number of thiophene rings is 1. The van der Waals surface area contributed by atoms with Gasteiger partial charge in [0, 0.05) is 6.61 Å². The van der Waals surface area contributed by atoms with E-state index in [0.717, 1.165) is 11.3 Å². The molecule has 0 aliphatic carbocycles. The Morgan fingerprint density at radius 3 is 2.93 bits per heavy atom. The van der Waals surface area contributed by atoms with Crippen LogP contribution in [0.1, 0.15) is 29.9 Å². The zero-order chi connectivity index (χ0) is 10.4. The number of hydrogen-bond donors (Lipinski definition) is 0. The average Bonchev–Trinajstić information content (AvgIpc) is 2.64. The van der Waals surface area contributed by atoms with Gasteiger partial charge < -0.3 is 4.74 Å². The molecule has 2 nitrogen and oxygen atoms in total. The van der Waals surface area contributed by atoms with E-state index in [1.54, 1.807) is 0 Å². The molecule has 0 aliphatic rings. The summed E-state index contributed by atoms with van der Waals surface area (Å²) in [6.07, 6.45) is 1.01. The van der Waals surface area contributed by atoms with Gasteiger partial charge in [0.05, 0.1) is 4.88 Å². The third kappa shape index (κ3) is 4.03. The maximum absolute atomic E-state index is 11.4. The van der Waals surface area contributed by atoms with Gasteiger partial charge in [-0.25, -0.2) is 0 Å². The van der Waals surface area contributed by atoms with E-state index in [-0.39, 0.29) is 12.4 Å². The van der Waals surface area contributed by atoms with Crippen molar-refractivity contribution in [1.29, 1.82) is 0 Å². The van der Waals surface area contributed by atoms with E-state index in [1.165, 1.54) is 11.3 Å². The van der Waals surface area contributed by atoms with Crippen molar-refractivity contribution in [3.05, 3.63) is 22.4 Å². The molecular formula is C11H16O2S. The van der Waals surface area contributed by atoms with Crippen molar-refractivity contribution in [2.24, 2.45) is 5.92 Å². The van der Waals surface area contributed by atoms with Crippen molar-refractivity contribution in [2.75, 3.05) is 13.2 Å². The quantitative estimate of drug-likeness (QED) is 0.535. The lowest BCUT2D eigenvalue weighted by Crippen LogP contribution is -2.09. The topological polar surface area (TPSA) is 26.3 Å². The third-order valence-corrected chi connectivity index (χ3v) is 2.78. The van der Waals surface area contributed by atoms with Crippen molar-refractivity contribution in [1.82, 2.24) is 0 Å². The smallest absolute Gasteiger partial charge is 0.198 e.